The number of unbranched alkanes of at least 4 members (excludes halogenated alkanes) is 2. The molecule has 0 atom stereocenters. The van der Waals surface area contributed by atoms with Crippen LogP contribution in [0.2, 0.25) is 0 Å². The van der Waals surface area contributed by atoms with E-state index < -0.39 is 11.7 Å². The Balaban J connectivity index is 1.92. The normalized spacial score (nSPS) is 11.8. The molecule has 0 amide bonds. The number of halogens is 3. The molecule has 0 radical (unpaired) electrons. The number of fused-ring (bicyclic) bond motifs is 1. The Morgan fingerprint density at radius 1 is 1.12 bits per heavy atom. The predicted molar refractivity (Wildman–Crippen MR) is 94.0 cm³/mol. The van der Waals surface area contributed by atoms with Gasteiger partial charge in [0.1, 0.15) is 5.52 Å². The first-order valence-electron chi connectivity index (χ1n) is 8.31. The van der Waals surface area contributed by atoms with E-state index in [0.29, 0.717) is 29.3 Å². The highest BCUT2D eigenvalue weighted by Gasteiger charge is 2.30. The number of anilines is 3. The lowest BCUT2D eigenvalue weighted by Crippen LogP contribution is -2.07. The van der Waals surface area contributed by atoms with Crippen LogP contribution in [0, 0.1) is 0 Å². The lowest BCUT2D eigenvalue weighted by atomic mass is 10.2. The van der Waals surface area contributed by atoms with Crippen molar-refractivity contribution < 1.29 is 13.2 Å². The molecule has 3 rings (SSSR count). The van der Waals surface area contributed by atoms with Crippen molar-refractivity contribution in [3.8, 4) is 0 Å². The zero-order valence-electron chi connectivity index (χ0n) is 14.2. The SMILES string of the molecule is CCCCCn1c(Nc2ccc(C(F)(F)F)cc2)nc2cnc(N)nc21. The van der Waals surface area contributed by atoms with E-state index in [9.17, 15) is 13.2 Å². The number of rotatable bonds is 6. The van der Waals surface area contributed by atoms with Gasteiger partial charge >= 0.3 is 6.18 Å². The molecule has 2 heterocycles. The summed E-state index contributed by atoms with van der Waals surface area (Å²) in [5.41, 5.74) is 6.66. The summed E-state index contributed by atoms with van der Waals surface area (Å²) in [5.74, 6) is 0.644. The highest BCUT2D eigenvalue weighted by Crippen LogP contribution is 2.30. The number of aromatic nitrogens is 4. The topological polar surface area (TPSA) is 81.7 Å². The first-order valence-corrected chi connectivity index (χ1v) is 8.31. The van der Waals surface area contributed by atoms with Gasteiger partial charge in [-0.2, -0.15) is 18.2 Å². The molecule has 0 bridgehead atoms. The molecule has 0 fully saturated rings. The molecule has 9 heteroatoms. The molecule has 2 aromatic heterocycles. The molecule has 3 N–H and O–H groups in total. The van der Waals surface area contributed by atoms with E-state index in [1.807, 2.05) is 4.57 Å². The van der Waals surface area contributed by atoms with Crippen molar-refractivity contribution in [3.05, 3.63) is 36.0 Å². The first kappa shape index (κ1) is 18.0. The molecule has 0 spiro atoms. The van der Waals surface area contributed by atoms with Crippen molar-refractivity contribution in [2.75, 3.05) is 11.1 Å². The van der Waals surface area contributed by atoms with Crippen LogP contribution in [0.1, 0.15) is 31.7 Å². The van der Waals surface area contributed by atoms with Crippen molar-refractivity contribution in [1.29, 1.82) is 0 Å². The summed E-state index contributed by atoms with van der Waals surface area (Å²) < 4.78 is 40.0. The van der Waals surface area contributed by atoms with E-state index in [2.05, 4.69) is 27.2 Å². The molecule has 0 aliphatic rings. The molecule has 0 aliphatic carbocycles. The van der Waals surface area contributed by atoms with Crippen molar-refractivity contribution in [3.63, 3.8) is 0 Å². The summed E-state index contributed by atoms with van der Waals surface area (Å²) in [6.07, 6.45) is 0.198. The van der Waals surface area contributed by atoms with Crippen LogP contribution in [-0.2, 0) is 12.7 Å². The molecule has 0 aliphatic heterocycles. The molecule has 0 saturated carbocycles. The summed E-state index contributed by atoms with van der Waals surface area (Å²) >= 11 is 0. The quantitative estimate of drug-likeness (QED) is 0.635. The second-order valence-corrected chi connectivity index (χ2v) is 5.93. The summed E-state index contributed by atoms with van der Waals surface area (Å²) in [7, 11) is 0. The Hall–Kier alpha value is -2.84. The van der Waals surface area contributed by atoms with Crippen molar-refractivity contribution in [1.82, 2.24) is 19.5 Å². The zero-order chi connectivity index (χ0) is 18.7. The minimum atomic E-state index is -4.36. The number of nitrogens with two attached hydrogens (primary N) is 1. The molecular formula is C17H19F3N6. The third-order valence-corrected chi connectivity index (χ3v) is 3.96. The van der Waals surface area contributed by atoms with Gasteiger partial charge in [-0.25, -0.2) is 9.97 Å². The number of benzene rings is 1. The highest BCUT2D eigenvalue weighted by molar-refractivity contribution is 5.76. The second-order valence-electron chi connectivity index (χ2n) is 5.93. The monoisotopic (exact) mass is 364 g/mol. The van der Waals surface area contributed by atoms with Crippen LogP contribution in [0.3, 0.4) is 0 Å². The number of hydrogen-bond acceptors (Lipinski definition) is 5. The van der Waals surface area contributed by atoms with Gasteiger partial charge in [0.25, 0.3) is 0 Å². The van der Waals surface area contributed by atoms with Crippen LogP contribution >= 0.6 is 0 Å². The van der Waals surface area contributed by atoms with Crippen molar-refractivity contribution in [2.24, 2.45) is 0 Å². The molecular weight excluding hydrogens is 345 g/mol. The Kier molecular flexibility index (Phi) is 4.97. The lowest BCUT2D eigenvalue weighted by Gasteiger charge is -2.11. The number of imidazole rings is 1. The third kappa shape index (κ3) is 3.87. The number of aryl methyl sites for hydroxylation is 1. The van der Waals surface area contributed by atoms with Crippen LogP contribution in [0.4, 0.5) is 30.8 Å². The fourth-order valence-electron chi connectivity index (χ4n) is 2.63. The summed E-state index contributed by atoms with van der Waals surface area (Å²) in [6, 6.07) is 4.81. The maximum Gasteiger partial charge on any atom is 0.416 e. The van der Waals surface area contributed by atoms with E-state index in [4.69, 9.17) is 5.73 Å². The van der Waals surface area contributed by atoms with Gasteiger partial charge in [0.15, 0.2) is 5.65 Å². The van der Waals surface area contributed by atoms with E-state index in [0.717, 1.165) is 31.4 Å². The first-order chi connectivity index (χ1) is 12.4. The van der Waals surface area contributed by atoms with Gasteiger partial charge < -0.3 is 11.1 Å². The van der Waals surface area contributed by atoms with Crippen molar-refractivity contribution >= 4 is 28.7 Å². The number of nitrogens with zero attached hydrogens (tertiary/aromatic N) is 4. The van der Waals surface area contributed by atoms with Gasteiger partial charge in [-0.05, 0) is 30.7 Å². The lowest BCUT2D eigenvalue weighted by molar-refractivity contribution is -0.137. The van der Waals surface area contributed by atoms with Crippen LogP contribution in [0.15, 0.2) is 30.5 Å². The van der Waals surface area contributed by atoms with E-state index in [1.54, 1.807) is 0 Å². The third-order valence-electron chi connectivity index (χ3n) is 3.96. The van der Waals surface area contributed by atoms with Crippen LogP contribution in [-0.4, -0.2) is 19.5 Å². The summed E-state index contributed by atoms with van der Waals surface area (Å²) in [4.78, 5) is 12.6. The van der Waals surface area contributed by atoms with Gasteiger partial charge in [0.2, 0.25) is 11.9 Å². The smallest absolute Gasteiger partial charge is 0.368 e. The van der Waals surface area contributed by atoms with Crippen molar-refractivity contribution in [2.45, 2.75) is 38.9 Å². The molecule has 1 aromatic carbocycles. The summed E-state index contributed by atoms with van der Waals surface area (Å²) in [6.45, 7) is 2.78. The maximum absolute atomic E-state index is 12.7. The Labute approximate surface area is 148 Å². The highest BCUT2D eigenvalue weighted by atomic mass is 19.4. The number of nitrogen functional groups attached to an aromatic ring is 1. The van der Waals surface area contributed by atoms with Gasteiger partial charge in [-0.3, -0.25) is 4.57 Å². The average Bonchev–Trinajstić information content (AvgIpc) is 2.92. The number of hydrogen-bond donors (Lipinski definition) is 2. The Bertz CT molecular complexity index is 886. The van der Waals surface area contributed by atoms with Gasteiger partial charge in [-0.1, -0.05) is 19.8 Å². The number of nitrogens with one attached hydrogen (secondary N) is 1. The van der Waals surface area contributed by atoms with Crippen LogP contribution in [0.25, 0.3) is 11.2 Å². The molecule has 138 valence electrons. The maximum atomic E-state index is 12.7. The predicted octanol–water partition coefficient (Wildman–Crippen LogP) is 4.36. The minimum absolute atomic E-state index is 0.148. The number of alkyl halides is 3. The molecule has 0 saturated heterocycles. The average molecular weight is 364 g/mol. The Morgan fingerprint density at radius 2 is 1.85 bits per heavy atom. The van der Waals surface area contributed by atoms with Gasteiger partial charge in [0, 0.05) is 12.2 Å². The molecule has 6 nitrogen and oxygen atoms in total. The zero-order valence-corrected chi connectivity index (χ0v) is 14.2. The standard InChI is InChI=1S/C17H19F3N6/c1-2-3-4-9-26-14-13(10-22-15(21)25-14)24-16(26)23-12-7-5-11(6-8-12)17(18,19)20/h5-8,10H,2-4,9H2,1H3,(H,23,24)(H2,21,22,25). The fourth-order valence-corrected chi connectivity index (χ4v) is 2.63. The van der Waals surface area contributed by atoms with E-state index in [-0.39, 0.29) is 5.95 Å². The summed E-state index contributed by atoms with van der Waals surface area (Å²) in [5, 5.41) is 3.06. The minimum Gasteiger partial charge on any atom is -0.368 e. The second kappa shape index (κ2) is 7.19. The fraction of sp³-hybridized carbons (Fsp3) is 0.353. The van der Waals surface area contributed by atoms with Crippen LogP contribution in [0.5, 0.6) is 0 Å². The van der Waals surface area contributed by atoms with E-state index >= 15 is 0 Å². The van der Waals surface area contributed by atoms with Gasteiger partial charge in [0.05, 0.1) is 11.8 Å². The van der Waals surface area contributed by atoms with Crippen LogP contribution < -0.4 is 11.1 Å². The van der Waals surface area contributed by atoms with E-state index in [1.165, 1.54) is 18.3 Å². The van der Waals surface area contributed by atoms with Gasteiger partial charge in [-0.15, -0.1) is 0 Å². The molecule has 3 aromatic rings. The molecule has 26 heavy (non-hydrogen) atoms. The largest absolute Gasteiger partial charge is 0.416 e. The molecule has 0 unspecified atom stereocenters. The Morgan fingerprint density at radius 3 is 2.50 bits per heavy atom.